The molecular weight excluding hydrogens is 643 g/mol. The molecular formula is C40H26Cl2Zr. The topological polar surface area (TPSA) is 0 Å². The smallest absolute Gasteiger partial charge is 1.00 e. The van der Waals surface area contributed by atoms with Crippen LogP contribution in [0.25, 0.3) is 64.2 Å². The van der Waals surface area contributed by atoms with Crippen molar-refractivity contribution >= 4 is 19.7 Å². The average molecular weight is 669 g/mol. The first-order valence-corrected chi connectivity index (χ1v) is 16.5. The maximum Gasteiger partial charge on any atom is -1.00 e. The molecule has 204 valence electrons. The first-order valence-electron chi connectivity index (χ1n) is 14.0. The van der Waals surface area contributed by atoms with Crippen molar-refractivity contribution in [1.29, 1.82) is 0 Å². The molecule has 0 nitrogen and oxygen atoms in total. The van der Waals surface area contributed by atoms with Crippen LogP contribution in [-0.2, 0) is 23.2 Å². The van der Waals surface area contributed by atoms with Crippen LogP contribution in [0.15, 0.2) is 133 Å². The minimum atomic E-state index is -1.35. The molecule has 0 N–H and O–H groups in total. The van der Waals surface area contributed by atoms with E-state index in [4.69, 9.17) is 13.2 Å². The zero-order valence-electron chi connectivity index (χ0n) is 23.4. The van der Waals surface area contributed by atoms with Crippen LogP contribution in [0.3, 0.4) is 0 Å². The van der Waals surface area contributed by atoms with Crippen LogP contribution >= 0.6 is 0 Å². The number of fused-ring (bicyclic) bond motifs is 6. The van der Waals surface area contributed by atoms with Gasteiger partial charge in [0, 0.05) is 0 Å². The fraction of sp³-hybridized carbons (Fsp3) is 0. The van der Waals surface area contributed by atoms with Gasteiger partial charge in [0.15, 0.2) is 0 Å². The maximum absolute atomic E-state index is 4.72. The molecule has 0 amide bonds. The van der Waals surface area contributed by atoms with Crippen LogP contribution in [0.1, 0.15) is 11.1 Å². The van der Waals surface area contributed by atoms with E-state index in [0.717, 1.165) is 10.4 Å². The summed E-state index contributed by atoms with van der Waals surface area (Å²) in [6.07, 6.45) is 0. The zero-order valence-corrected chi connectivity index (χ0v) is 27.3. The number of hydrogen-bond acceptors (Lipinski definition) is 0. The predicted octanol–water partition coefficient (Wildman–Crippen LogP) is 0.906. The van der Waals surface area contributed by atoms with Gasteiger partial charge >= 0.3 is 253 Å². The van der Waals surface area contributed by atoms with Crippen molar-refractivity contribution < 1.29 is 48.0 Å². The first kappa shape index (κ1) is 29.3. The number of hydrogen-bond donors (Lipinski definition) is 0. The van der Waals surface area contributed by atoms with E-state index >= 15 is 0 Å². The maximum atomic E-state index is 4.72. The van der Waals surface area contributed by atoms with E-state index in [2.05, 4.69) is 133 Å². The Morgan fingerprint density at radius 1 is 0.326 bits per heavy atom. The van der Waals surface area contributed by atoms with Crippen molar-refractivity contribution in [3.05, 3.63) is 165 Å². The standard InChI is InChI=1S/2C20H13.2ClH.Zr/c2*1-14-17(15-7-3-2-4-8-15)11-12-19-18-10-6-5-9-16(18)13-20(14)19;;;/h2*2-12H,1H2;2*1H;/q;;;;+2/p-2. The molecule has 0 heterocycles. The molecule has 0 aromatic heterocycles. The van der Waals surface area contributed by atoms with E-state index < -0.39 is 23.2 Å². The molecule has 8 rings (SSSR count). The van der Waals surface area contributed by atoms with E-state index in [1.165, 1.54) is 72.6 Å². The minimum absolute atomic E-state index is 0. The van der Waals surface area contributed by atoms with Gasteiger partial charge in [-0.15, -0.1) is 0 Å². The van der Waals surface area contributed by atoms with E-state index in [9.17, 15) is 0 Å². The van der Waals surface area contributed by atoms with Gasteiger partial charge in [0.25, 0.3) is 0 Å². The molecule has 2 aliphatic rings. The van der Waals surface area contributed by atoms with Gasteiger partial charge in [0.05, 0.1) is 0 Å². The van der Waals surface area contributed by atoms with Gasteiger partial charge in [-0.05, 0) is 0 Å². The third-order valence-electron chi connectivity index (χ3n) is 8.52. The summed E-state index contributed by atoms with van der Waals surface area (Å²) in [6, 6.07) is 48.4. The van der Waals surface area contributed by atoms with Gasteiger partial charge in [-0.25, -0.2) is 0 Å². The Morgan fingerprint density at radius 3 is 1.05 bits per heavy atom. The summed E-state index contributed by atoms with van der Waals surface area (Å²) in [5.74, 6) is 0. The summed E-state index contributed by atoms with van der Waals surface area (Å²) in [5, 5.41) is 4.98. The SMILES string of the molecule is C=c1c(-c2ccccc2)ccc2c1=[C]([Zr+2][C]1=c3c(ccc(-c4ccccc4)c3=C)-c3ccccc31)c1ccccc1-2.[Cl-].[Cl-]. The molecule has 0 fully saturated rings. The predicted molar refractivity (Wildman–Crippen MR) is 169 cm³/mol. The van der Waals surface area contributed by atoms with Gasteiger partial charge < -0.3 is 24.8 Å². The summed E-state index contributed by atoms with van der Waals surface area (Å²) in [6.45, 7) is 9.44. The van der Waals surface area contributed by atoms with Gasteiger partial charge in [-0.3, -0.25) is 0 Å². The summed E-state index contributed by atoms with van der Waals surface area (Å²) >= 11 is -1.35. The van der Waals surface area contributed by atoms with Crippen molar-refractivity contribution in [1.82, 2.24) is 0 Å². The number of benzene rings is 6. The summed E-state index contributed by atoms with van der Waals surface area (Å²) in [4.78, 5) is 0. The van der Waals surface area contributed by atoms with E-state index in [0.29, 0.717) is 0 Å². The Morgan fingerprint density at radius 2 is 0.651 bits per heavy atom. The van der Waals surface area contributed by atoms with Crippen molar-refractivity contribution in [2.24, 2.45) is 0 Å². The number of rotatable bonds is 4. The van der Waals surface area contributed by atoms with Crippen LogP contribution in [0.5, 0.6) is 0 Å². The molecule has 0 spiro atoms. The summed E-state index contributed by atoms with van der Waals surface area (Å²) < 4.78 is 3.04. The Hall–Kier alpha value is -3.74. The van der Waals surface area contributed by atoms with Crippen molar-refractivity contribution in [3.8, 4) is 44.5 Å². The Bertz CT molecular complexity index is 2090. The molecule has 0 saturated heterocycles. The summed E-state index contributed by atoms with van der Waals surface area (Å²) in [7, 11) is 0. The van der Waals surface area contributed by atoms with Gasteiger partial charge in [0.2, 0.25) is 0 Å². The molecule has 6 aromatic carbocycles. The molecule has 0 radical (unpaired) electrons. The monoisotopic (exact) mass is 666 g/mol. The average Bonchev–Trinajstić information content (AvgIpc) is 3.52. The Kier molecular flexibility index (Phi) is 8.01. The van der Waals surface area contributed by atoms with E-state index in [1.54, 1.807) is 0 Å². The van der Waals surface area contributed by atoms with Crippen LogP contribution < -0.4 is 45.7 Å². The molecule has 0 atom stereocenters. The van der Waals surface area contributed by atoms with Crippen LogP contribution in [0.4, 0.5) is 0 Å². The molecule has 0 aliphatic heterocycles. The fourth-order valence-electron chi connectivity index (χ4n) is 6.62. The van der Waals surface area contributed by atoms with Gasteiger partial charge in [-0.1, -0.05) is 0 Å². The van der Waals surface area contributed by atoms with Crippen LogP contribution in [0.2, 0.25) is 0 Å². The Labute approximate surface area is 275 Å². The van der Waals surface area contributed by atoms with Crippen molar-refractivity contribution in [2.75, 3.05) is 0 Å². The second-order valence-corrected chi connectivity index (χ2v) is 13.8. The fourth-order valence-corrected chi connectivity index (χ4v) is 11.0. The van der Waals surface area contributed by atoms with Crippen molar-refractivity contribution in [2.45, 2.75) is 0 Å². The Balaban J connectivity index is 0.00000165. The molecule has 6 aromatic rings. The molecule has 3 heteroatoms. The third-order valence-corrected chi connectivity index (χ3v) is 12.3. The second-order valence-electron chi connectivity index (χ2n) is 10.7. The minimum Gasteiger partial charge on any atom is -1.00 e. The molecule has 0 saturated carbocycles. The summed E-state index contributed by atoms with van der Waals surface area (Å²) in [5.41, 5.74) is 13.0. The quantitative estimate of drug-likeness (QED) is 0.262. The number of halogens is 2. The largest absolute Gasteiger partial charge is 1.00 e. The normalized spacial score (nSPS) is 11.8. The third kappa shape index (κ3) is 4.63. The second kappa shape index (κ2) is 11.7. The van der Waals surface area contributed by atoms with E-state index in [1.807, 2.05) is 0 Å². The van der Waals surface area contributed by atoms with Gasteiger partial charge in [-0.2, -0.15) is 0 Å². The molecule has 43 heavy (non-hydrogen) atoms. The van der Waals surface area contributed by atoms with E-state index in [-0.39, 0.29) is 24.8 Å². The molecule has 0 unspecified atom stereocenters. The zero-order chi connectivity index (χ0) is 27.5. The van der Waals surface area contributed by atoms with Crippen LogP contribution in [0, 0.1) is 0 Å². The molecule has 0 bridgehead atoms. The van der Waals surface area contributed by atoms with Gasteiger partial charge in [0.1, 0.15) is 0 Å². The first-order chi connectivity index (χ1) is 20.2. The van der Waals surface area contributed by atoms with Crippen LogP contribution in [-0.4, -0.2) is 0 Å². The van der Waals surface area contributed by atoms with Crippen molar-refractivity contribution in [3.63, 3.8) is 0 Å². The molecule has 2 aliphatic carbocycles.